The summed E-state index contributed by atoms with van der Waals surface area (Å²) in [4.78, 5) is 28.3. The van der Waals surface area contributed by atoms with E-state index in [0.29, 0.717) is 23.6 Å². The molecular weight excluding hydrogens is 411 g/mol. The lowest BCUT2D eigenvalue weighted by molar-refractivity contribution is -0.148. The molecule has 1 N–H and O–H groups in total. The molecule has 0 bridgehead atoms. The number of pyridine rings is 1. The van der Waals surface area contributed by atoms with Gasteiger partial charge in [0.15, 0.2) is 0 Å². The summed E-state index contributed by atoms with van der Waals surface area (Å²) in [6.45, 7) is 1.01. The molecule has 0 spiro atoms. The standard InChI is InChI=1S/C25H29FN2O4/c1-32-25(31)23-19(14-29)18-13-27-21(22(18)28(23)12-15-6-2-3-7-15)11-10-17(24(27)30)16-8-4-5-9-20(16)26/h4-5,8-11,15,18-19,22-23,29H,2-3,6-7,12-14H2,1H3/t18-,19-,22+,23-/m1/s1. The van der Waals surface area contributed by atoms with Gasteiger partial charge >= 0.3 is 5.97 Å². The van der Waals surface area contributed by atoms with Crippen molar-refractivity contribution in [1.82, 2.24) is 9.47 Å². The van der Waals surface area contributed by atoms with Crippen LogP contribution in [0.2, 0.25) is 0 Å². The van der Waals surface area contributed by atoms with Crippen molar-refractivity contribution in [3.05, 3.63) is 58.3 Å². The van der Waals surface area contributed by atoms with Gasteiger partial charge in [0.25, 0.3) is 5.56 Å². The highest BCUT2D eigenvalue weighted by atomic mass is 19.1. The Bertz CT molecular complexity index is 1080. The highest BCUT2D eigenvalue weighted by Gasteiger charge is 2.56. The molecule has 170 valence electrons. The summed E-state index contributed by atoms with van der Waals surface area (Å²) in [7, 11) is 1.39. The number of carbonyl (C=O) groups is 1. The highest BCUT2D eigenvalue weighted by molar-refractivity contribution is 5.77. The van der Waals surface area contributed by atoms with Gasteiger partial charge in [-0.3, -0.25) is 14.5 Å². The van der Waals surface area contributed by atoms with Gasteiger partial charge < -0.3 is 14.4 Å². The van der Waals surface area contributed by atoms with Gasteiger partial charge in [0.05, 0.1) is 18.7 Å². The number of fused-ring (bicyclic) bond motifs is 3. The number of aliphatic hydroxyl groups is 1. The first kappa shape index (κ1) is 21.3. The van der Waals surface area contributed by atoms with Crippen LogP contribution in [-0.4, -0.2) is 46.8 Å². The van der Waals surface area contributed by atoms with Crippen LogP contribution in [0.15, 0.2) is 41.2 Å². The van der Waals surface area contributed by atoms with E-state index in [0.717, 1.165) is 25.1 Å². The molecule has 0 amide bonds. The summed E-state index contributed by atoms with van der Waals surface area (Å²) in [6, 6.07) is 9.23. The topological polar surface area (TPSA) is 71.8 Å². The van der Waals surface area contributed by atoms with Gasteiger partial charge in [-0.2, -0.15) is 0 Å². The number of carbonyl (C=O) groups excluding carboxylic acids is 1. The number of aliphatic hydroxyl groups excluding tert-OH is 1. The molecule has 0 radical (unpaired) electrons. The fraction of sp³-hybridized carbons (Fsp3) is 0.520. The quantitative estimate of drug-likeness (QED) is 0.724. The third-order valence-electron chi connectivity index (χ3n) is 7.74. The van der Waals surface area contributed by atoms with Crippen molar-refractivity contribution < 1.29 is 19.0 Å². The number of hydrogen-bond donors (Lipinski definition) is 1. The average Bonchev–Trinajstić information content (AvgIpc) is 3.51. The maximum atomic E-state index is 14.4. The summed E-state index contributed by atoms with van der Waals surface area (Å²) in [5, 5.41) is 10.3. The summed E-state index contributed by atoms with van der Waals surface area (Å²) < 4.78 is 21.2. The van der Waals surface area contributed by atoms with Gasteiger partial charge in [-0.05, 0) is 37.0 Å². The third kappa shape index (κ3) is 3.30. The molecule has 2 aliphatic heterocycles. The molecular formula is C25H29FN2O4. The molecule has 1 saturated carbocycles. The first-order chi connectivity index (χ1) is 15.5. The maximum Gasteiger partial charge on any atom is 0.323 e. The van der Waals surface area contributed by atoms with E-state index in [4.69, 9.17) is 4.74 Å². The Balaban J connectivity index is 1.58. The number of aromatic nitrogens is 1. The van der Waals surface area contributed by atoms with E-state index in [1.165, 1.54) is 26.0 Å². The number of halogens is 1. The van der Waals surface area contributed by atoms with Crippen LogP contribution in [0, 0.1) is 23.6 Å². The fourth-order valence-electron chi connectivity index (χ4n) is 6.28. The van der Waals surface area contributed by atoms with Gasteiger partial charge in [0, 0.05) is 42.8 Å². The van der Waals surface area contributed by atoms with Gasteiger partial charge in [0.2, 0.25) is 0 Å². The first-order valence-electron chi connectivity index (χ1n) is 11.5. The van der Waals surface area contributed by atoms with Gasteiger partial charge in [-0.15, -0.1) is 0 Å². The number of esters is 1. The lowest BCUT2D eigenvalue weighted by atomic mass is 9.88. The summed E-state index contributed by atoms with van der Waals surface area (Å²) in [6.07, 6.45) is 4.65. The molecule has 6 nitrogen and oxygen atoms in total. The molecule has 1 aromatic carbocycles. The Hall–Kier alpha value is -2.51. The molecule has 1 aromatic heterocycles. The molecule has 1 aliphatic carbocycles. The summed E-state index contributed by atoms with van der Waals surface area (Å²) in [5.74, 6) is -0.642. The second kappa shape index (κ2) is 8.45. The lowest BCUT2D eigenvalue weighted by Crippen LogP contribution is -2.45. The predicted molar refractivity (Wildman–Crippen MR) is 117 cm³/mol. The zero-order valence-corrected chi connectivity index (χ0v) is 18.2. The number of ether oxygens (including phenoxy) is 1. The second-order valence-electron chi connectivity index (χ2n) is 9.34. The Morgan fingerprint density at radius 2 is 1.91 bits per heavy atom. The molecule has 3 aliphatic rings. The average molecular weight is 441 g/mol. The normalized spacial score (nSPS) is 27.5. The van der Waals surface area contributed by atoms with Crippen molar-refractivity contribution in [2.75, 3.05) is 20.3 Å². The lowest BCUT2D eigenvalue weighted by Gasteiger charge is -2.32. The Morgan fingerprint density at radius 1 is 1.16 bits per heavy atom. The van der Waals surface area contributed by atoms with E-state index in [9.17, 15) is 19.1 Å². The molecule has 0 unspecified atom stereocenters. The van der Waals surface area contributed by atoms with Crippen molar-refractivity contribution in [3.8, 4) is 11.1 Å². The van der Waals surface area contributed by atoms with Crippen LogP contribution in [0.4, 0.5) is 4.39 Å². The molecule has 3 heterocycles. The number of methoxy groups -OCH3 is 1. The number of likely N-dealkylation sites (tertiary alicyclic amines) is 1. The number of hydrogen-bond acceptors (Lipinski definition) is 5. The maximum absolute atomic E-state index is 14.4. The molecule has 4 atom stereocenters. The largest absolute Gasteiger partial charge is 0.468 e. The van der Waals surface area contributed by atoms with Crippen molar-refractivity contribution in [1.29, 1.82) is 0 Å². The summed E-state index contributed by atoms with van der Waals surface area (Å²) in [5.41, 5.74) is 1.23. The molecule has 5 rings (SSSR count). The van der Waals surface area contributed by atoms with Gasteiger partial charge in [0.1, 0.15) is 11.9 Å². The molecule has 32 heavy (non-hydrogen) atoms. The van der Waals surface area contributed by atoms with Crippen LogP contribution < -0.4 is 5.56 Å². The zero-order valence-electron chi connectivity index (χ0n) is 18.2. The van der Waals surface area contributed by atoms with E-state index in [1.54, 1.807) is 28.8 Å². The Labute approximate surface area is 186 Å². The Morgan fingerprint density at radius 3 is 2.59 bits per heavy atom. The number of rotatable bonds is 5. The first-order valence-corrected chi connectivity index (χ1v) is 11.5. The molecule has 2 fully saturated rings. The smallest absolute Gasteiger partial charge is 0.323 e. The van der Waals surface area contributed by atoms with Crippen LogP contribution in [-0.2, 0) is 16.1 Å². The van der Waals surface area contributed by atoms with Crippen molar-refractivity contribution >= 4 is 5.97 Å². The van der Waals surface area contributed by atoms with Crippen molar-refractivity contribution in [3.63, 3.8) is 0 Å². The van der Waals surface area contributed by atoms with Gasteiger partial charge in [-0.1, -0.05) is 31.0 Å². The minimum atomic E-state index is -0.518. The second-order valence-corrected chi connectivity index (χ2v) is 9.34. The minimum absolute atomic E-state index is 0.0749. The minimum Gasteiger partial charge on any atom is -0.468 e. The fourth-order valence-corrected chi connectivity index (χ4v) is 6.28. The van der Waals surface area contributed by atoms with Crippen LogP contribution in [0.3, 0.4) is 0 Å². The molecule has 2 aromatic rings. The van der Waals surface area contributed by atoms with E-state index in [2.05, 4.69) is 4.90 Å². The SMILES string of the molecule is COC(=O)[C@H]1[C@H](CO)[C@H]2Cn3c(ccc(-c4ccccc4F)c3=O)[C@H]2N1CC1CCCC1. The van der Waals surface area contributed by atoms with Crippen molar-refractivity contribution in [2.45, 2.75) is 44.3 Å². The van der Waals surface area contributed by atoms with Crippen LogP contribution >= 0.6 is 0 Å². The Kier molecular flexibility index (Phi) is 5.63. The molecule has 1 saturated heterocycles. The van der Waals surface area contributed by atoms with Crippen LogP contribution in [0.5, 0.6) is 0 Å². The van der Waals surface area contributed by atoms with E-state index in [1.807, 2.05) is 6.07 Å². The monoisotopic (exact) mass is 440 g/mol. The third-order valence-corrected chi connectivity index (χ3v) is 7.74. The summed E-state index contributed by atoms with van der Waals surface area (Å²) >= 11 is 0. The van der Waals surface area contributed by atoms with Crippen molar-refractivity contribution in [2.24, 2.45) is 17.8 Å². The highest BCUT2D eigenvalue weighted by Crippen LogP contribution is 2.50. The predicted octanol–water partition coefficient (Wildman–Crippen LogP) is 2.98. The van der Waals surface area contributed by atoms with Gasteiger partial charge in [-0.25, -0.2) is 4.39 Å². The van der Waals surface area contributed by atoms with Crippen LogP contribution in [0.1, 0.15) is 37.4 Å². The number of nitrogens with zero attached hydrogens (tertiary/aromatic N) is 2. The van der Waals surface area contributed by atoms with Crippen LogP contribution in [0.25, 0.3) is 11.1 Å². The van der Waals surface area contributed by atoms with E-state index < -0.39 is 11.9 Å². The molecule has 7 heteroatoms. The van der Waals surface area contributed by atoms with E-state index >= 15 is 0 Å². The zero-order chi connectivity index (χ0) is 22.4. The number of benzene rings is 1. The van der Waals surface area contributed by atoms with E-state index in [-0.39, 0.29) is 36.0 Å².